The molecule has 1 aromatic heterocycles. The smallest absolute Gasteiger partial charge is 0.237 e. The normalized spacial score (nSPS) is 20.7. The summed E-state index contributed by atoms with van der Waals surface area (Å²) in [6.45, 7) is 1.17. The third-order valence-corrected chi connectivity index (χ3v) is 4.99. The number of hydrogen-bond acceptors (Lipinski definition) is 3. The molecule has 2 aromatic rings. The average Bonchev–Trinajstić information content (AvgIpc) is 3.33. The van der Waals surface area contributed by atoms with Crippen LogP contribution in [0.2, 0.25) is 0 Å². The molecular formula is C19H23FN4O. The molecule has 6 heteroatoms. The number of piperidine rings is 1. The highest BCUT2D eigenvalue weighted by molar-refractivity contribution is 5.79. The number of benzene rings is 1. The van der Waals surface area contributed by atoms with Crippen molar-refractivity contribution in [1.29, 1.82) is 0 Å². The SMILES string of the molecule is O=C(CNC1CC1)N1CCCC[C@H]1c1ncc(-c2cccc(F)c2)[nH]1. The maximum absolute atomic E-state index is 13.4. The third kappa shape index (κ3) is 3.74. The predicted octanol–water partition coefficient (Wildman–Crippen LogP) is 3.02. The molecule has 2 N–H and O–H groups in total. The van der Waals surface area contributed by atoms with Gasteiger partial charge in [0.1, 0.15) is 11.6 Å². The lowest BCUT2D eigenvalue weighted by molar-refractivity contribution is -0.134. The van der Waals surface area contributed by atoms with Gasteiger partial charge in [0.2, 0.25) is 5.91 Å². The third-order valence-electron chi connectivity index (χ3n) is 4.99. The molecular weight excluding hydrogens is 319 g/mol. The van der Waals surface area contributed by atoms with Crippen LogP contribution in [-0.4, -0.2) is 39.9 Å². The topological polar surface area (TPSA) is 61.0 Å². The molecule has 4 rings (SSSR count). The van der Waals surface area contributed by atoms with Gasteiger partial charge in [0.15, 0.2) is 0 Å². The van der Waals surface area contributed by atoms with Gasteiger partial charge in [-0.25, -0.2) is 9.37 Å². The van der Waals surface area contributed by atoms with Gasteiger partial charge in [-0.05, 0) is 44.2 Å². The molecule has 132 valence electrons. The number of carbonyl (C=O) groups is 1. The first-order chi connectivity index (χ1) is 12.2. The zero-order valence-corrected chi connectivity index (χ0v) is 14.2. The van der Waals surface area contributed by atoms with Gasteiger partial charge in [-0.3, -0.25) is 4.79 Å². The van der Waals surface area contributed by atoms with Gasteiger partial charge in [0, 0.05) is 18.2 Å². The Morgan fingerprint density at radius 2 is 2.20 bits per heavy atom. The summed E-state index contributed by atoms with van der Waals surface area (Å²) in [4.78, 5) is 22.3. The van der Waals surface area contributed by atoms with Crippen LogP contribution in [0.1, 0.15) is 44.0 Å². The molecule has 5 nitrogen and oxygen atoms in total. The van der Waals surface area contributed by atoms with Gasteiger partial charge >= 0.3 is 0 Å². The van der Waals surface area contributed by atoms with Crippen LogP contribution in [0.3, 0.4) is 0 Å². The van der Waals surface area contributed by atoms with E-state index in [2.05, 4.69) is 15.3 Å². The molecule has 1 saturated heterocycles. The summed E-state index contributed by atoms with van der Waals surface area (Å²) >= 11 is 0. The molecule has 2 fully saturated rings. The summed E-state index contributed by atoms with van der Waals surface area (Å²) < 4.78 is 13.4. The van der Waals surface area contributed by atoms with Crippen molar-refractivity contribution in [1.82, 2.24) is 20.2 Å². The van der Waals surface area contributed by atoms with E-state index in [1.807, 2.05) is 11.0 Å². The van der Waals surface area contributed by atoms with Crippen LogP contribution in [-0.2, 0) is 4.79 Å². The lowest BCUT2D eigenvalue weighted by atomic mass is 10.0. The van der Waals surface area contributed by atoms with Crippen molar-refractivity contribution in [3.63, 3.8) is 0 Å². The van der Waals surface area contributed by atoms with E-state index in [0.717, 1.165) is 42.9 Å². The number of likely N-dealkylation sites (tertiary alicyclic amines) is 1. The number of H-pyrrole nitrogens is 1. The standard InChI is InChI=1S/C19H23FN4O/c20-14-5-3-4-13(10-14)16-11-22-19(23-16)17-6-1-2-9-24(17)18(25)12-21-15-7-8-15/h3-5,10-11,15,17,21H,1-2,6-9,12H2,(H,22,23)/t17-/m0/s1. The van der Waals surface area contributed by atoms with Crippen LogP contribution in [0.5, 0.6) is 0 Å². The van der Waals surface area contributed by atoms with Crippen molar-refractivity contribution in [2.75, 3.05) is 13.1 Å². The molecule has 0 spiro atoms. The first kappa shape index (κ1) is 16.3. The number of nitrogens with zero attached hydrogens (tertiary/aromatic N) is 2. The number of nitrogens with one attached hydrogen (secondary N) is 2. The van der Waals surface area contributed by atoms with Crippen LogP contribution in [0, 0.1) is 5.82 Å². The van der Waals surface area contributed by atoms with E-state index in [1.54, 1.807) is 12.3 Å². The van der Waals surface area contributed by atoms with Gasteiger partial charge in [0.05, 0.1) is 24.5 Å². The minimum Gasteiger partial charge on any atom is -0.340 e. The second-order valence-corrected chi connectivity index (χ2v) is 6.95. The van der Waals surface area contributed by atoms with E-state index in [4.69, 9.17) is 0 Å². The summed E-state index contributed by atoms with van der Waals surface area (Å²) in [5.41, 5.74) is 1.55. The fraction of sp³-hybridized carbons (Fsp3) is 0.474. The lowest BCUT2D eigenvalue weighted by Crippen LogP contribution is -2.43. The Morgan fingerprint density at radius 1 is 1.32 bits per heavy atom. The highest BCUT2D eigenvalue weighted by atomic mass is 19.1. The molecule has 0 radical (unpaired) electrons. The Labute approximate surface area is 146 Å². The number of imidazole rings is 1. The van der Waals surface area contributed by atoms with Crippen molar-refractivity contribution in [2.45, 2.75) is 44.2 Å². The van der Waals surface area contributed by atoms with Crippen LogP contribution >= 0.6 is 0 Å². The Bertz CT molecular complexity index is 755. The van der Waals surface area contributed by atoms with Crippen LogP contribution < -0.4 is 5.32 Å². The van der Waals surface area contributed by atoms with Crippen LogP contribution in [0.15, 0.2) is 30.5 Å². The second-order valence-electron chi connectivity index (χ2n) is 6.95. The van der Waals surface area contributed by atoms with Crippen LogP contribution in [0.4, 0.5) is 4.39 Å². The zero-order chi connectivity index (χ0) is 17.2. The molecule has 1 saturated carbocycles. The monoisotopic (exact) mass is 342 g/mol. The summed E-state index contributed by atoms with van der Waals surface area (Å²) in [5, 5.41) is 3.30. The Kier molecular flexibility index (Phi) is 4.53. The fourth-order valence-corrected chi connectivity index (χ4v) is 3.44. The molecule has 1 atom stereocenters. The van der Waals surface area contributed by atoms with Gasteiger partial charge in [-0.1, -0.05) is 12.1 Å². The van der Waals surface area contributed by atoms with Gasteiger partial charge in [-0.2, -0.15) is 0 Å². The Hall–Kier alpha value is -2.21. The zero-order valence-electron chi connectivity index (χ0n) is 14.2. The minimum atomic E-state index is -0.269. The average molecular weight is 342 g/mol. The van der Waals surface area contributed by atoms with Crippen molar-refractivity contribution in [2.24, 2.45) is 0 Å². The predicted molar refractivity (Wildman–Crippen MR) is 93.3 cm³/mol. The molecule has 1 aliphatic carbocycles. The molecule has 2 heterocycles. The summed E-state index contributed by atoms with van der Waals surface area (Å²) in [5.74, 6) is 0.660. The van der Waals surface area contributed by atoms with Crippen molar-refractivity contribution < 1.29 is 9.18 Å². The van der Waals surface area contributed by atoms with E-state index < -0.39 is 0 Å². The van der Waals surface area contributed by atoms with Gasteiger partial charge in [-0.15, -0.1) is 0 Å². The number of aromatic nitrogens is 2. The van der Waals surface area contributed by atoms with Crippen molar-refractivity contribution >= 4 is 5.91 Å². The number of rotatable bonds is 5. The van der Waals surface area contributed by atoms with Gasteiger partial charge in [0.25, 0.3) is 0 Å². The maximum atomic E-state index is 13.4. The first-order valence-electron chi connectivity index (χ1n) is 9.04. The molecule has 0 unspecified atom stereocenters. The maximum Gasteiger partial charge on any atom is 0.237 e. The van der Waals surface area contributed by atoms with Crippen LogP contribution in [0.25, 0.3) is 11.3 Å². The number of halogens is 1. The summed E-state index contributed by atoms with van der Waals surface area (Å²) in [6, 6.07) is 6.95. The summed E-state index contributed by atoms with van der Waals surface area (Å²) in [6.07, 6.45) is 7.09. The number of carbonyl (C=O) groups excluding carboxylic acids is 1. The second kappa shape index (κ2) is 6.96. The molecule has 1 amide bonds. The van der Waals surface area contributed by atoms with Crippen molar-refractivity contribution in [3.8, 4) is 11.3 Å². The molecule has 1 aromatic carbocycles. The van der Waals surface area contributed by atoms with Gasteiger partial charge < -0.3 is 15.2 Å². The van der Waals surface area contributed by atoms with E-state index in [-0.39, 0.29) is 17.8 Å². The van der Waals surface area contributed by atoms with E-state index >= 15 is 0 Å². The minimum absolute atomic E-state index is 0.0236. The molecule has 1 aliphatic heterocycles. The molecule has 25 heavy (non-hydrogen) atoms. The molecule has 0 bridgehead atoms. The first-order valence-corrected chi connectivity index (χ1v) is 9.04. The number of hydrogen-bond donors (Lipinski definition) is 2. The quantitative estimate of drug-likeness (QED) is 0.878. The highest BCUT2D eigenvalue weighted by Crippen LogP contribution is 2.31. The van der Waals surface area contributed by atoms with E-state index in [0.29, 0.717) is 12.6 Å². The van der Waals surface area contributed by atoms with Crippen molar-refractivity contribution in [3.05, 3.63) is 42.1 Å². The Morgan fingerprint density at radius 3 is 3.00 bits per heavy atom. The highest BCUT2D eigenvalue weighted by Gasteiger charge is 2.31. The number of aromatic amines is 1. The number of amides is 1. The summed E-state index contributed by atoms with van der Waals surface area (Å²) in [7, 11) is 0. The van der Waals surface area contributed by atoms with E-state index in [1.165, 1.54) is 25.0 Å². The molecule has 2 aliphatic rings. The Balaban J connectivity index is 1.51. The van der Waals surface area contributed by atoms with E-state index in [9.17, 15) is 9.18 Å². The fourth-order valence-electron chi connectivity index (χ4n) is 3.44. The lowest BCUT2D eigenvalue weighted by Gasteiger charge is -2.34. The largest absolute Gasteiger partial charge is 0.340 e.